The van der Waals surface area contributed by atoms with Gasteiger partial charge in [-0.05, 0) is 24.5 Å². The number of benzene rings is 1. The van der Waals surface area contributed by atoms with Gasteiger partial charge in [-0.15, -0.1) is 0 Å². The highest BCUT2D eigenvalue weighted by molar-refractivity contribution is 5.74. The lowest BCUT2D eigenvalue weighted by molar-refractivity contribution is -0.144. The molecule has 1 aliphatic heterocycles. The fraction of sp³-hybridized carbons (Fsp3) is 0.500. The Bertz CT molecular complexity index is 403. The van der Waals surface area contributed by atoms with Crippen molar-refractivity contribution in [2.45, 2.75) is 19.8 Å². The van der Waals surface area contributed by atoms with Crippen molar-refractivity contribution in [1.82, 2.24) is 0 Å². The number of esters is 1. The van der Waals surface area contributed by atoms with E-state index in [1.807, 2.05) is 0 Å². The molecular weight excluding hydrogens is 214 g/mol. The van der Waals surface area contributed by atoms with Gasteiger partial charge in [0.2, 0.25) is 0 Å². The molecule has 92 valence electrons. The quantitative estimate of drug-likeness (QED) is 0.750. The molecule has 1 saturated heterocycles. The normalized spacial score (nSPS) is 19.4. The van der Waals surface area contributed by atoms with Crippen molar-refractivity contribution in [1.29, 1.82) is 0 Å². The van der Waals surface area contributed by atoms with E-state index < -0.39 is 0 Å². The molecule has 0 N–H and O–H groups in total. The number of carbonyl (C=O) groups is 1. The van der Waals surface area contributed by atoms with Gasteiger partial charge in [-0.25, -0.2) is 0 Å². The third-order valence-corrected chi connectivity index (χ3v) is 3.44. The number of hydrogen-bond acceptors (Lipinski definition) is 3. The molecule has 2 rings (SSSR count). The third kappa shape index (κ3) is 2.43. The van der Waals surface area contributed by atoms with E-state index in [2.05, 4.69) is 36.1 Å². The Morgan fingerprint density at radius 1 is 1.47 bits per heavy atom. The van der Waals surface area contributed by atoms with Crippen molar-refractivity contribution in [3.63, 3.8) is 0 Å². The molecule has 0 aliphatic carbocycles. The minimum atomic E-state index is -0.0820. The first-order valence-electron chi connectivity index (χ1n) is 6.17. The zero-order valence-corrected chi connectivity index (χ0v) is 10.5. The lowest BCUT2D eigenvalue weighted by Gasteiger charge is -2.21. The molecule has 0 spiro atoms. The van der Waals surface area contributed by atoms with Crippen molar-refractivity contribution >= 4 is 11.7 Å². The van der Waals surface area contributed by atoms with Crippen LogP contribution in [-0.4, -0.2) is 26.2 Å². The van der Waals surface area contributed by atoms with Crippen LogP contribution in [0.5, 0.6) is 0 Å². The lowest BCUT2D eigenvalue weighted by atomic mass is 10.1. The van der Waals surface area contributed by atoms with Gasteiger partial charge in [0.05, 0.1) is 13.0 Å². The Balaban J connectivity index is 2.12. The summed E-state index contributed by atoms with van der Waals surface area (Å²) < 4.78 is 4.81. The fourth-order valence-electron chi connectivity index (χ4n) is 2.46. The molecule has 1 aromatic rings. The Labute approximate surface area is 102 Å². The molecule has 1 fully saturated rings. The summed E-state index contributed by atoms with van der Waals surface area (Å²) in [5, 5.41) is 0. The van der Waals surface area contributed by atoms with Crippen molar-refractivity contribution < 1.29 is 9.53 Å². The first kappa shape index (κ1) is 12.0. The maximum atomic E-state index is 11.5. The topological polar surface area (TPSA) is 29.5 Å². The zero-order chi connectivity index (χ0) is 12.3. The summed E-state index contributed by atoms with van der Waals surface area (Å²) in [6.07, 6.45) is 1.92. The number of nitrogens with zero attached hydrogens (tertiary/aromatic N) is 1. The average molecular weight is 233 g/mol. The number of para-hydroxylation sites is 1. The van der Waals surface area contributed by atoms with Crippen LogP contribution in [0.1, 0.15) is 18.9 Å². The van der Waals surface area contributed by atoms with E-state index in [1.54, 1.807) is 0 Å². The molecule has 1 aromatic carbocycles. The molecule has 3 nitrogen and oxygen atoms in total. The highest BCUT2D eigenvalue weighted by atomic mass is 16.5. The number of methoxy groups -OCH3 is 1. The summed E-state index contributed by atoms with van der Waals surface area (Å²) in [6.45, 7) is 3.88. The number of hydrogen-bond donors (Lipinski definition) is 0. The molecule has 1 atom stereocenters. The summed E-state index contributed by atoms with van der Waals surface area (Å²) in [5.41, 5.74) is 2.61. The van der Waals surface area contributed by atoms with E-state index in [0.717, 1.165) is 25.9 Å². The molecule has 0 radical (unpaired) electrons. The Kier molecular flexibility index (Phi) is 3.67. The van der Waals surface area contributed by atoms with Gasteiger partial charge in [-0.3, -0.25) is 4.79 Å². The van der Waals surface area contributed by atoms with Crippen LogP contribution in [0.2, 0.25) is 0 Å². The standard InChI is InChI=1S/C14H19NO2/c1-3-11-6-4-5-7-13(11)15-9-8-12(10-15)14(16)17-2/h4-7,12H,3,8-10H2,1-2H3. The van der Waals surface area contributed by atoms with E-state index in [4.69, 9.17) is 4.74 Å². The van der Waals surface area contributed by atoms with Gasteiger partial charge in [-0.2, -0.15) is 0 Å². The predicted molar refractivity (Wildman–Crippen MR) is 68.2 cm³/mol. The van der Waals surface area contributed by atoms with Gasteiger partial charge in [0.25, 0.3) is 0 Å². The average Bonchev–Trinajstić information content (AvgIpc) is 2.87. The second-order valence-corrected chi connectivity index (χ2v) is 4.44. The third-order valence-electron chi connectivity index (χ3n) is 3.44. The van der Waals surface area contributed by atoms with Crippen molar-refractivity contribution in [2.24, 2.45) is 5.92 Å². The fourth-order valence-corrected chi connectivity index (χ4v) is 2.46. The van der Waals surface area contributed by atoms with Crippen molar-refractivity contribution in [3.05, 3.63) is 29.8 Å². The SMILES string of the molecule is CCc1ccccc1N1CCC(C(=O)OC)C1. The lowest BCUT2D eigenvalue weighted by Crippen LogP contribution is -2.24. The summed E-state index contributed by atoms with van der Waals surface area (Å²) in [7, 11) is 1.46. The molecule has 0 bridgehead atoms. The van der Waals surface area contributed by atoms with Gasteiger partial charge >= 0.3 is 5.97 Å². The molecule has 0 amide bonds. The van der Waals surface area contributed by atoms with E-state index in [0.29, 0.717) is 0 Å². The van der Waals surface area contributed by atoms with Crippen molar-refractivity contribution in [3.8, 4) is 0 Å². The molecule has 0 aromatic heterocycles. The van der Waals surface area contributed by atoms with Crippen LogP contribution in [0.3, 0.4) is 0 Å². The summed E-state index contributed by atoms with van der Waals surface area (Å²) in [4.78, 5) is 13.8. The van der Waals surface area contributed by atoms with Crippen LogP contribution in [0.4, 0.5) is 5.69 Å². The monoisotopic (exact) mass is 233 g/mol. The van der Waals surface area contributed by atoms with E-state index in [9.17, 15) is 4.79 Å². The Hall–Kier alpha value is -1.51. The maximum absolute atomic E-state index is 11.5. The number of carbonyl (C=O) groups excluding carboxylic acids is 1. The minimum Gasteiger partial charge on any atom is -0.469 e. The van der Waals surface area contributed by atoms with E-state index in [1.165, 1.54) is 18.4 Å². The van der Waals surface area contributed by atoms with Crippen LogP contribution in [0.15, 0.2) is 24.3 Å². The summed E-state index contributed by atoms with van der Waals surface area (Å²) >= 11 is 0. The number of rotatable bonds is 3. The van der Waals surface area contributed by atoms with Gasteiger partial charge in [0, 0.05) is 18.8 Å². The van der Waals surface area contributed by atoms with Gasteiger partial charge in [-0.1, -0.05) is 25.1 Å². The number of aryl methyl sites for hydroxylation is 1. The van der Waals surface area contributed by atoms with E-state index in [-0.39, 0.29) is 11.9 Å². The van der Waals surface area contributed by atoms with Crippen LogP contribution >= 0.6 is 0 Å². The molecule has 1 aliphatic rings. The zero-order valence-electron chi connectivity index (χ0n) is 10.5. The Morgan fingerprint density at radius 3 is 2.94 bits per heavy atom. The second kappa shape index (κ2) is 5.21. The highest BCUT2D eigenvalue weighted by Crippen LogP contribution is 2.27. The minimum absolute atomic E-state index is 0.0323. The molecular formula is C14H19NO2. The first-order chi connectivity index (χ1) is 8.26. The van der Waals surface area contributed by atoms with Crippen LogP contribution in [-0.2, 0) is 16.0 Å². The van der Waals surface area contributed by atoms with Crippen molar-refractivity contribution in [2.75, 3.05) is 25.1 Å². The van der Waals surface area contributed by atoms with E-state index >= 15 is 0 Å². The van der Waals surface area contributed by atoms with Gasteiger partial charge in [0.15, 0.2) is 0 Å². The van der Waals surface area contributed by atoms with Crippen LogP contribution in [0.25, 0.3) is 0 Å². The maximum Gasteiger partial charge on any atom is 0.310 e. The van der Waals surface area contributed by atoms with Gasteiger partial charge in [0.1, 0.15) is 0 Å². The smallest absolute Gasteiger partial charge is 0.310 e. The first-order valence-corrected chi connectivity index (χ1v) is 6.17. The molecule has 17 heavy (non-hydrogen) atoms. The molecule has 3 heteroatoms. The predicted octanol–water partition coefficient (Wildman–Crippen LogP) is 2.25. The summed E-state index contributed by atoms with van der Waals surface area (Å²) in [5.74, 6) is -0.0496. The van der Waals surface area contributed by atoms with Crippen LogP contribution in [0, 0.1) is 5.92 Å². The number of anilines is 1. The summed E-state index contributed by atoms with van der Waals surface area (Å²) in [6, 6.07) is 8.41. The van der Waals surface area contributed by atoms with Crippen LogP contribution < -0.4 is 4.90 Å². The molecule has 1 unspecified atom stereocenters. The van der Waals surface area contributed by atoms with Gasteiger partial charge < -0.3 is 9.64 Å². The Morgan fingerprint density at radius 2 is 2.24 bits per heavy atom. The molecule has 1 heterocycles. The largest absolute Gasteiger partial charge is 0.469 e. The number of ether oxygens (including phenoxy) is 1. The molecule has 0 saturated carbocycles. The second-order valence-electron chi connectivity index (χ2n) is 4.44. The highest BCUT2D eigenvalue weighted by Gasteiger charge is 2.29.